The molecular formula is C10H11BrN4O. The SMILES string of the molecule is COc1ccc(Cn2cnc(N)n2)cc1Br. The number of rotatable bonds is 3. The normalized spacial score (nSPS) is 10.4. The Morgan fingerprint density at radius 1 is 1.50 bits per heavy atom. The Hall–Kier alpha value is -1.56. The van der Waals surface area contributed by atoms with Crippen LogP contribution >= 0.6 is 15.9 Å². The Morgan fingerprint density at radius 3 is 2.88 bits per heavy atom. The van der Waals surface area contributed by atoms with Crippen molar-refractivity contribution in [3.05, 3.63) is 34.6 Å². The van der Waals surface area contributed by atoms with Crippen molar-refractivity contribution in [3.63, 3.8) is 0 Å². The van der Waals surface area contributed by atoms with Crippen molar-refractivity contribution in [2.75, 3.05) is 12.8 Å². The van der Waals surface area contributed by atoms with Crippen molar-refractivity contribution in [2.45, 2.75) is 6.54 Å². The second kappa shape index (κ2) is 4.52. The molecule has 0 aliphatic rings. The maximum Gasteiger partial charge on any atom is 0.239 e. The van der Waals surface area contributed by atoms with Gasteiger partial charge in [0.15, 0.2) is 0 Å². The zero-order valence-corrected chi connectivity index (χ0v) is 10.3. The van der Waals surface area contributed by atoms with Gasteiger partial charge in [-0.25, -0.2) is 9.67 Å². The van der Waals surface area contributed by atoms with E-state index in [9.17, 15) is 0 Å². The molecule has 16 heavy (non-hydrogen) atoms. The number of nitrogen functional groups attached to an aromatic ring is 1. The smallest absolute Gasteiger partial charge is 0.239 e. The van der Waals surface area contributed by atoms with Gasteiger partial charge < -0.3 is 10.5 Å². The second-order valence-corrected chi connectivity index (χ2v) is 4.12. The monoisotopic (exact) mass is 282 g/mol. The fourth-order valence-corrected chi connectivity index (χ4v) is 1.97. The summed E-state index contributed by atoms with van der Waals surface area (Å²) < 4.78 is 7.75. The summed E-state index contributed by atoms with van der Waals surface area (Å²) in [5.74, 6) is 1.09. The van der Waals surface area contributed by atoms with Gasteiger partial charge >= 0.3 is 0 Å². The van der Waals surface area contributed by atoms with Crippen LogP contribution in [0.4, 0.5) is 5.95 Å². The van der Waals surface area contributed by atoms with Gasteiger partial charge in [0.25, 0.3) is 0 Å². The minimum atomic E-state index is 0.285. The van der Waals surface area contributed by atoms with Crippen molar-refractivity contribution >= 4 is 21.9 Å². The van der Waals surface area contributed by atoms with E-state index in [0.29, 0.717) is 6.54 Å². The van der Waals surface area contributed by atoms with Crippen molar-refractivity contribution in [1.29, 1.82) is 0 Å². The van der Waals surface area contributed by atoms with Crippen molar-refractivity contribution in [3.8, 4) is 5.75 Å². The highest BCUT2D eigenvalue weighted by Gasteiger charge is 2.03. The van der Waals surface area contributed by atoms with E-state index < -0.39 is 0 Å². The Bertz CT molecular complexity index is 497. The number of aromatic nitrogens is 3. The van der Waals surface area contributed by atoms with Gasteiger partial charge in [-0.2, -0.15) is 0 Å². The molecule has 0 radical (unpaired) electrons. The van der Waals surface area contributed by atoms with E-state index in [2.05, 4.69) is 26.0 Å². The van der Waals surface area contributed by atoms with Crippen LogP contribution < -0.4 is 10.5 Å². The van der Waals surface area contributed by atoms with Crippen LogP contribution in [-0.4, -0.2) is 21.9 Å². The lowest BCUT2D eigenvalue weighted by Crippen LogP contribution is -2.01. The fourth-order valence-electron chi connectivity index (χ4n) is 1.38. The third kappa shape index (κ3) is 2.33. The van der Waals surface area contributed by atoms with Gasteiger partial charge in [0.05, 0.1) is 18.1 Å². The summed E-state index contributed by atoms with van der Waals surface area (Å²) in [5.41, 5.74) is 6.53. The van der Waals surface area contributed by atoms with Gasteiger partial charge in [-0.05, 0) is 33.6 Å². The number of halogens is 1. The largest absolute Gasteiger partial charge is 0.496 e. The summed E-state index contributed by atoms with van der Waals surface area (Å²) in [6.07, 6.45) is 1.60. The molecule has 1 heterocycles. The lowest BCUT2D eigenvalue weighted by atomic mass is 10.2. The van der Waals surface area contributed by atoms with Crippen molar-refractivity contribution < 1.29 is 4.74 Å². The summed E-state index contributed by atoms with van der Waals surface area (Å²) in [4.78, 5) is 3.86. The van der Waals surface area contributed by atoms with E-state index >= 15 is 0 Å². The summed E-state index contributed by atoms with van der Waals surface area (Å²) in [6, 6.07) is 5.86. The Morgan fingerprint density at radius 2 is 2.31 bits per heavy atom. The Labute approximate surface area is 101 Å². The first-order chi connectivity index (χ1) is 7.69. The van der Waals surface area contributed by atoms with Crippen molar-refractivity contribution in [2.24, 2.45) is 0 Å². The fraction of sp³-hybridized carbons (Fsp3) is 0.200. The molecular weight excluding hydrogens is 272 g/mol. The van der Waals surface area contributed by atoms with E-state index in [4.69, 9.17) is 10.5 Å². The first-order valence-corrected chi connectivity index (χ1v) is 5.45. The molecule has 84 valence electrons. The first kappa shape index (κ1) is 10.9. The van der Waals surface area contributed by atoms with E-state index in [-0.39, 0.29) is 5.95 Å². The molecule has 0 saturated carbocycles. The lowest BCUT2D eigenvalue weighted by molar-refractivity contribution is 0.412. The van der Waals surface area contributed by atoms with Crippen LogP contribution in [0, 0.1) is 0 Å². The minimum absolute atomic E-state index is 0.285. The topological polar surface area (TPSA) is 66.0 Å². The van der Waals surface area contributed by atoms with Crippen LogP contribution in [0.3, 0.4) is 0 Å². The molecule has 0 spiro atoms. The third-order valence-corrected chi connectivity index (χ3v) is 2.73. The van der Waals surface area contributed by atoms with Gasteiger partial charge in [0, 0.05) is 0 Å². The molecule has 0 fully saturated rings. The summed E-state index contributed by atoms with van der Waals surface area (Å²) in [5, 5.41) is 4.01. The van der Waals surface area contributed by atoms with Crippen LogP contribution in [-0.2, 0) is 6.54 Å². The average molecular weight is 283 g/mol. The van der Waals surface area contributed by atoms with Crippen LogP contribution in [0.5, 0.6) is 5.75 Å². The molecule has 0 unspecified atom stereocenters. The number of hydrogen-bond acceptors (Lipinski definition) is 4. The number of hydrogen-bond donors (Lipinski definition) is 1. The molecule has 6 heteroatoms. The second-order valence-electron chi connectivity index (χ2n) is 3.27. The Balaban J connectivity index is 2.19. The maximum absolute atomic E-state index is 5.44. The van der Waals surface area contributed by atoms with Gasteiger partial charge in [-0.15, -0.1) is 5.10 Å². The highest BCUT2D eigenvalue weighted by atomic mass is 79.9. The molecule has 0 bridgehead atoms. The van der Waals surface area contributed by atoms with Crippen LogP contribution in [0.2, 0.25) is 0 Å². The minimum Gasteiger partial charge on any atom is -0.496 e. The lowest BCUT2D eigenvalue weighted by Gasteiger charge is -2.06. The van der Waals surface area contributed by atoms with Gasteiger partial charge in [-0.3, -0.25) is 0 Å². The highest BCUT2D eigenvalue weighted by Crippen LogP contribution is 2.25. The van der Waals surface area contributed by atoms with Gasteiger partial charge in [-0.1, -0.05) is 6.07 Å². The van der Waals surface area contributed by atoms with E-state index in [1.165, 1.54) is 0 Å². The number of benzene rings is 1. The molecule has 0 atom stereocenters. The maximum atomic E-state index is 5.44. The number of nitrogens with zero attached hydrogens (tertiary/aromatic N) is 3. The van der Waals surface area contributed by atoms with E-state index in [0.717, 1.165) is 15.8 Å². The first-order valence-electron chi connectivity index (χ1n) is 4.66. The number of nitrogens with two attached hydrogens (primary N) is 1. The number of ether oxygens (including phenoxy) is 1. The summed E-state index contributed by atoms with van der Waals surface area (Å²) >= 11 is 3.43. The molecule has 1 aromatic carbocycles. The third-order valence-electron chi connectivity index (χ3n) is 2.11. The molecule has 2 aromatic rings. The predicted octanol–water partition coefficient (Wildman–Crippen LogP) is 1.68. The zero-order valence-electron chi connectivity index (χ0n) is 8.72. The standard InChI is InChI=1S/C10H11BrN4O/c1-16-9-3-2-7(4-8(9)11)5-15-6-13-10(12)14-15/h2-4,6H,5H2,1H3,(H2,12,14). The molecule has 2 N–H and O–H groups in total. The van der Waals surface area contributed by atoms with Crippen molar-refractivity contribution in [1.82, 2.24) is 14.8 Å². The summed E-state index contributed by atoms with van der Waals surface area (Å²) in [6.45, 7) is 0.632. The zero-order chi connectivity index (χ0) is 11.5. The Kier molecular flexibility index (Phi) is 3.09. The molecule has 0 aliphatic carbocycles. The van der Waals surface area contributed by atoms with Gasteiger partial charge in [0.2, 0.25) is 5.95 Å². The van der Waals surface area contributed by atoms with E-state index in [1.54, 1.807) is 18.1 Å². The van der Waals surface area contributed by atoms with E-state index in [1.807, 2.05) is 18.2 Å². The number of methoxy groups -OCH3 is 1. The molecule has 0 amide bonds. The number of anilines is 1. The quantitative estimate of drug-likeness (QED) is 0.930. The predicted molar refractivity (Wildman–Crippen MR) is 64.2 cm³/mol. The highest BCUT2D eigenvalue weighted by molar-refractivity contribution is 9.10. The average Bonchev–Trinajstić information content (AvgIpc) is 2.64. The van der Waals surface area contributed by atoms with Crippen LogP contribution in [0.1, 0.15) is 5.56 Å². The molecule has 0 aliphatic heterocycles. The molecule has 2 rings (SSSR count). The van der Waals surface area contributed by atoms with Crippen LogP contribution in [0.15, 0.2) is 29.0 Å². The molecule has 0 saturated heterocycles. The summed E-state index contributed by atoms with van der Waals surface area (Å²) in [7, 11) is 1.64. The molecule has 5 nitrogen and oxygen atoms in total. The molecule has 1 aromatic heterocycles. The van der Waals surface area contributed by atoms with Gasteiger partial charge in [0.1, 0.15) is 12.1 Å². The van der Waals surface area contributed by atoms with Crippen LogP contribution in [0.25, 0.3) is 0 Å².